The number of anilines is 1. The zero-order valence-electron chi connectivity index (χ0n) is 18.6. The highest BCUT2D eigenvalue weighted by Gasteiger charge is 2.19. The molecule has 0 fully saturated rings. The van der Waals surface area contributed by atoms with Gasteiger partial charge in [0.05, 0.1) is 0 Å². The maximum absolute atomic E-state index is 14.2. The number of nitrogens with zero attached hydrogens (tertiary/aromatic N) is 2. The Morgan fingerprint density at radius 1 is 1.42 bits per heavy atom. The average Bonchev–Trinajstić information content (AvgIpc) is 2.77. The molecule has 1 aromatic heterocycles. The number of hydrogen-bond acceptors (Lipinski definition) is 7. The Labute approximate surface area is 206 Å². The number of allylic oxidation sites excluding steroid dienone is 2. The van der Waals surface area contributed by atoms with Gasteiger partial charge in [-0.05, 0) is 59.6 Å². The predicted octanol–water partition coefficient (Wildman–Crippen LogP) is 5.18. The summed E-state index contributed by atoms with van der Waals surface area (Å²) in [7, 11) is 1.62. The summed E-state index contributed by atoms with van der Waals surface area (Å²) in [6.45, 7) is 4.38. The summed E-state index contributed by atoms with van der Waals surface area (Å²) in [5.74, 6) is 0.138. The largest absolute Gasteiger partial charge is 0.482 e. The van der Waals surface area contributed by atoms with Gasteiger partial charge >= 0.3 is 0 Å². The van der Waals surface area contributed by atoms with Gasteiger partial charge < -0.3 is 21.5 Å². The molecule has 0 amide bonds. The van der Waals surface area contributed by atoms with Gasteiger partial charge in [0, 0.05) is 65.5 Å². The third kappa shape index (κ3) is 7.30. The van der Waals surface area contributed by atoms with Crippen LogP contribution in [0.1, 0.15) is 37.5 Å². The van der Waals surface area contributed by atoms with Crippen LogP contribution in [0.15, 0.2) is 57.3 Å². The molecule has 10 heteroatoms. The van der Waals surface area contributed by atoms with Crippen LogP contribution in [0.4, 0.5) is 10.2 Å². The molecule has 0 bridgehead atoms. The van der Waals surface area contributed by atoms with E-state index in [9.17, 15) is 4.39 Å². The number of halogens is 3. The molecule has 0 aliphatic rings. The summed E-state index contributed by atoms with van der Waals surface area (Å²) in [6, 6.07) is 5.98. The first-order chi connectivity index (χ1) is 15.7. The zero-order chi connectivity index (χ0) is 24.5. The van der Waals surface area contributed by atoms with Crippen molar-refractivity contribution in [3.8, 4) is 5.75 Å². The molecule has 1 aromatic carbocycles. The highest BCUT2D eigenvalue weighted by atomic mass is 79.9. The average molecular weight is 538 g/mol. The summed E-state index contributed by atoms with van der Waals surface area (Å²) in [5.41, 5.74) is 15.1. The van der Waals surface area contributed by atoms with Gasteiger partial charge in [0.2, 0.25) is 0 Å². The lowest BCUT2D eigenvalue weighted by atomic mass is 9.95. The SMILES string of the molecule is CCN/C=C(/C/C(C=NC)=C(/N)c1ccc(F)cc1[C@@H](C)Oc1cc(Br)cnc1N)C(=N)Cl. The molecular weight excluding hydrogens is 511 g/mol. The van der Waals surface area contributed by atoms with E-state index in [2.05, 4.69) is 31.2 Å². The van der Waals surface area contributed by atoms with E-state index in [1.807, 2.05) is 6.92 Å². The minimum Gasteiger partial charge on any atom is -0.482 e. The fourth-order valence-corrected chi connectivity index (χ4v) is 3.49. The summed E-state index contributed by atoms with van der Waals surface area (Å²) < 4.78 is 20.9. The summed E-state index contributed by atoms with van der Waals surface area (Å²) in [5, 5.41) is 10.8. The van der Waals surface area contributed by atoms with Gasteiger partial charge in [-0.3, -0.25) is 10.4 Å². The van der Waals surface area contributed by atoms with Gasteiger partial charge in [0.1, 0.15) is 17.1 Å². The number of aliphatic imine (C=N–C) groups is 1. The quantitative estimate of drug-likeness (QED) is 0.311. The first-order valence-electron chi connectivity index (χ1n) is 10.1. The topological polar surface area (TPSA) is 122 Å². The lowest BCUT2D eigenvalue weighted by molar-refractivity contribution is 0.226. The molecule has 0 aliphatic carbocycles. The Hall–Kier alpha value is -2.91. The lowest BCUT2D eigenvalue weighted by Gasteiger charge is -2.21. The van der Waals surface area contributed by atoms with Crippen molar-refractivity contribution in [3.63, 3.8) is 0 Å². The van der Waals surface area contributed by atoms with Crippen molar-refractivity contribution < 1.29 is 9.13 Å². The van der Waals surface area contributed by atoms with Crippen molar-refractivity contribution in [2.24, 2.45) is 10.7 Å². The van der Waals surface area contributed by atoms with E-state index in [4.69, 9.17) is 33.2 Å². The first kappa shape index (κ1) is 26.3. The van der Waals surface area contributed by atoms with Gasteiger partial charge in [-0.15, -0.1) is 0 Å². The second kappa shape index (κ2) is 12.4. The fourth-order valence-electron chi connectivity index (χ4n) is 3.06. The third-order valence-corrected chi connectivity index (χ3v) is 5.34. The van der Waals surface area contributed by atoms with E-state index in [1.165, 1.54) is 12.1 Å². The number of nitrogens with one attached hydrogen (secondary N) is 2. The Bertz CT molecular complexity index is 1100. The van der Waals surface area contributed by atoms with Crippen LogP contribution in [0, 0.1) is 11.2 Å². The summed E-state index contributed by atoms with van der Waals surface area (Å²) in [4.78, 5) is 8.16. The Morgan fingerprint density at radius 3 is 2.79 bits per heavy atom. The third-order valence-electron chi connectivity index (χ3n) is 4.67. The zero-order valence-corrected chi connectivity index (χ0v) is 21.0. The fraction of sp³-hybridized carbons (Fsp3) is 0.261. The molecule has 0 aliphatic heterocycles. The molecule has 2 rings (SSSR count). The number of pyridine rings is 1. The normalized spacial score (nSPS) is 13.6. The molecule has 176 valence electrons. The highest BCUT2D eigenvalue weighted by Crippen LogP contribution is 2.32. The molecule has 0 saturated carbocycles. The number of nitrogens with two attached hydrogens (primary N) is 2. The van der Waals surface area contributed by atoms with E-state index in [0.717, 1.165) is 0 Å². The maximum Gasteiger partial charge on any atom is 0.166 e. The van der Waals surface area contributed by atoms with E-state index in [1.54, 1.807) is 44.7 Å². The molecule has 6 N–H and O–H groups in total. The van der Waals surface area contributed by atoms with Gasteiger partial charge in [-0.2, -0.15) is 0 Å². The molecule has 1 atom stereocenters. The number of ether oxygens (including phenoxy) is 1. The summed E-state index contributed by atoms with van der Waals surface area (Å²) >= 11 is 9.31. The van der Waals surface area contributed by atoms with Crippen LogP contribution < -0.4 is 21.5 Å². The van der Waals surface area contributed by atoms with Gasteiger partial charge in [-0.25, -0.2) is 9.37 Å². The maximum atomic E-state index is 14.2. The molecule has 0 spiro atoms. The molecule has 1 heterocycles. The molecule has 0 unspecified atom stereocenters. The van der Waals surface area contributed by atoms with Crippen molar-refractivity contribution in [1.29, 1.82) is 5.41 Å². The van der Waals surface area contributed by atoms with Gasteiger partial charge in [-0.1, -0.05) is 11.6 Å². The van der Waals surface area contributed by atoms with Crippen molar-refractivity contribution in [1.82, 2.24) is 10.3 Å². The first-order valence-corrected chi connectivity index (χ1v) is 11.3. The monoisotopic (exact) mass is 536 g/mol. The lowest BCUT2D eigenvalue weighted by Crippen LogP contribution is -2.13. The van der Waals surface area contributed by atoms with E-state index < -0.39 is 11.9 Å². The van der Waals surface area contributed by atoms with Crippen LogP contribution in [0.5, 0.6) is 5.75 Å². The molecule has 2 aromatic rings. The Morgan fingerprint density at radius 2 is 2.15 bits per heavy atom. The molecular formula is C23H27BrClFN6O. The van der Waals surface area contributed by atoms with Crippen molar-refractivity contribution in [2.75, 3.05) is 19.3 Å². The van der Waals surface area contributed by atoms with Crippen LogP contribution >= 0.6 is 27.5 Å². The van der Waals surface area contributed by atoms with Crippen molar-refractivity contribution in [3.05, 3.63) is 69.2 Å². The van der Waals surface area contributed by atoms with Crippen LogP contribution in [-0.2, 0) is 0 Å². The van der Waals surface area contributed by atoms with Crippen LogP contribution in [-0.4, -0.2) is 30.0 Å². The summed E-state index contributed by atoms with van der Waals surface area (Å²) in [6.07, 6.45) is 4.49. The Balaban J connectivity index is 2.53. The van der Waals surface area contributed by atoms with E-state index in [-0.39, 0.29) is 17.4 Å². The Kier molecular flexibility index (Phi) is 9.87. The standard InChI is InChI=1S/C23H27BrClFN6O/c1-4-31-11-15(22(25)28)7-14(10-30-3)21(27)18-6-5-17(26)9-19(18)13(2)33-20-8-16(24)12-32-23(20)29/h5-6,8-13,28,31H,4,7,27H2,1-3H3,(H2,29,32)/b15-11-,21-14-,28-22?,30-10?/t13-/m1/s1. The van der Waals surface area contributed by atoms with Crippen LogP contribution in [0.25, 0.3) is 5.70 Å². The number of aromatic nitrogens is 1. The number of rotatable bonds is 10. The number of benzene rings is 1. The van der Waals surface area contributed by atoms with Crippen molar-refractivity contribution >= 4 is 50.4 Å². The van der Waals surface area contributed by atoms with Crippen LogP contribution in [0.2, 0.25) is 0 Å². The van der Waals surface area contributed by atoms with E-state index >= 15 is 0 Å². The minimum atomic E-state index is -0.601. The number of hydrogen-bond donors (Lipinski definition) is 4. The van der Waals surface area contributed by atoms with Gasteiger partial charge in [0.15, 0.2) is 11.6 Å². The highest BCUT2D eigenvalue weighted by molar-refractivity contribution is 9.10. The molecule has 0 radical (unpaired) electrons. The second-order valence-electron chi connectivity index (χ2n) is 7.07. The second-order valence-corrected chi connectivity index (χ2v) is 8.37. The predicted molar refractivity (Wildman–Crippen MR) is 137 cm³/mol. The molecule has 33 heavy (non-hydrogen) atoms. The molecule has 7 nitrogen and oxygen atoms in total. The van der Waals surface area contributed by atoms with Gasteiger partial charge in [0.25, 0.3) is 0 Å². The molecule has 0 saturated heterocycles. The van der Waals surface area contributed by atoms with Crippen molar-refractivity contribution in [2.45, 2.75) is 26.4 Å². The van der Waals surface area contributed by atoms with Crippen LogP contribution in [0.3, 0.4) is 0 Å². The smallest absolute Gasteiger partial charge is 0.166 e. The minimum absolute atomic E-state index is 0.112. The van der Waals surface area contributed by atoms with E-state index in [0.29, 0.717) is 44.7 Å². The number of nitrogen functional groups attached to an aromatic ring is 1.